The van der Waals surface area contributed by atoms with Gasteiger partial charge < -0.3 is 5.11 Å². The van der Waals surface area contributed by atoms with E-state index in [1.807, 2.05) is 48.5 Å². The van der Waals surface area contributed by atoms with Crippen molar-refractivity contribution >= 4 is 21.5 Å². The lowest BCUT2D eigenvalue weighted by Gasteiger charge is -2.05. The minimum absolute atomic E-state index is 0.378. The minimum Gasteiger partial charge on any atom is -0.507 e. The second-order valence-electron chi connectivity index (χ2n) is 4.67. The Bertz CT molecular complexity index is 615. The van der Waals surface area contributed by atoms with Gasteiger partial charge in [-0.1, -0.05) is 75.2 Å². The summed E-state index contributed by atoms with van der Waals surface area (Å²) in [6.45, 7) is 4.36. The number of phenolic OH excluding ortho intramolecular Hbond substituents is 1. The highest BCUT2D eigenvalue weighted by Gasteiger charge is 2.04. The Morgan fingerprint density at radius 3 is 1.58 bits per heavy atom. The predicted molar refractivity (Wildman–Crippen MR) is 83.7 cm³/mol. The second-order valence-corrected chi connectivity index (χ2v) is 4.67. The first kappa shape index (κ1) is 13.4. The smallest absolute Gasteiger partial charge is 0.131 e. The van der Waals surface area contributed by atoms with Crippen LogP contribution in [0.4, 0.5) is 0 Å². The topological polar surface area (TPSA) is 20.2 Å². The quantitative estimate of drug-likeness (QED) is 0.566. The van der Waals surface area contributed by atoms with Gasteiger partial charge in [-0.15, -0.1) is 0 Å². The van der Waals surface area contributed by atoms with Gasteiger partial charge in [-0.2, -0.15) is 0 Å². The Morgan fingerprint density at radius 2 is 1.16 bits per heavy atom. The van der Waals surface area contributed by atoms with E-state index in [-0.39, 0.29) is 0 Å². The van der Waals surface area contributed by atoms with Gasteiger partial charge in [-0.25, -0.2) is 0 Å². The van der Waals surface area contributed by atoms with Gasteiger partial charge in [-0.3, -0.25) is 0 Å². The first-order valence-electron chi connectivity index (χ1n) is 6.87. The maximum atomic E-state index is 10.1. The van der Waals surface area contributed by atoms with Crippen molar-refractivity contribution in [3.63, 3.8) is 0 Å². The highest BCUT2D eigenvalue weighted by atomic mass is 16.3. The Kier molecular flexibility index (Phi) is 4.40. The van der Waals surface area contributed by atoms with E-state index in [1.54, 1.807) is 0 Å². The molecule has 3 aromatic rings. The Balaban J connectivity index is 0.000000297. The molecule has 0 unspecified atom stereocenters. The maximum absolute atomic E-state index is 10.1. The molecule has 19 heavy (non-hydrogen) atoms. The molecule has 0 atom stereocenters. The molecule has 0 bridgehead atoms. The third kappa shape index (κ3) is 2.87. The lowest BCUT2D eigenvalue weighted by molar-refractivity contribution is 0.488. The van der Waals surface area contributed by atoms with E-state index >= 15 is 0 Å². The van der Waals surface area contributed by atoms with E-state index in [1.165, 1.54) is 12.8 Å². The Hall–Kier alpha value is -2.02. The van der Waals surface area contributed by atoms with E-state index in [0.717, 1.165) is 21.5 Å². The largest absolute Gasteiger partial charge is 0.507 e. The molecule has 98 valence electrons. The monoisotopic (exact) mass is 252 g/mol. The number of hydrogen-bond donors (Lipinski definition) is 1. The molecule has 0 aliphatic heterocycles. The Morgan fingerprint density at radius 1 is 0.737 bits per heavy atom. The summed E-state index contributed by atoms with van der Waals surface area (Å²) < 4.78 is 0. The molecular formula is C18H20O. The van der Waals surface area contributed by atoms with Crippen molar-refractivity contribution in [2.75, 3.05) is 0 Å². The molecular weight excluding hydrogens is 232 g/mol. The van der Waals surface area contributed by atoms with Crippen LogP contribution >= 0.6 is 0 Å². The zero-order valence-electron chi connectivity index (χ0n) is 11.6. The normalized spacial score (nSPS) is 10.2. The van der Waals surface area contributed by atoms with E-state index < -0.39 is 0 Å². The molecule has 0 saturated carbocycles. The molecule has 0 fully saturated rings. The van der Waals surface area contributed by atoms with Gasteiger partial charge in [0.2, 0.25) is 0 Å². The van der Waals surface area contributed by atoms with Crippen LogP contribution in [0.25, 0.3) is 21.5 Å². The zero-order valence-corrected chi connectivity index (χ0v) is 11.6. The molecule has 1 heteroatoms. The van der Waals surface area contributed by atoms with Crippen LogP contribution in [0.5, 0.6) is 5.75 Å². The maximum Gasteiger partial charge on any atom is 0.131 e. The van der Waals surface area contributed by atoms with E-state index in [0.29, 0.717) is 5.75 Å². The number of aromatic hydroxyl groups is 1. The highest BCUT2D eigenvalue weighted by molar-refractivity contribution is 6.04. The Labute approximate surface area is 114 Å². The fourth-order valence-corrected chi connectivity index (χ4v) is 1.99. The number of fused-ring (bicyclic) bond motifs is 2. The van der Waals surface area contributed by atoms with Gasteiger partial charge in [0.15, 0.2) is 0 Å². The fraction of sp³-hybridized carbons (Fsp3) is 0.222. The lowest BCUT2D eigenvalue weighted by Crippen LogP contribution is -1.77. The van der Waals surface area contributed by atoms with E-state index in [2.05, 4.69) is 19.9 Å². The minimum atomic E-state index is 0.378. The van der Waals surface area contributed by atoms with Crippen LogP contribution < -0.4 is 0 Å². The summed E-state index contributed by atoms with van der Waals surface area (Å²) in [7, 11) is 0. The number of benzene rings is 3. The second kappa shape index (κ2) is 6.24. The standard InChI is InChI=1S/C14H10O.C4H10/c15-14-12-7-3-1-5-10(12)9-11-6-2-4-8-13(11)14;1-3-4-2/h1-9,15H;3-4H2,1-2H3. The van der Waals surface area contributed by atoms with E-state index in [9.17, 15) is 5.11 Å². The number of unbranched alkanes of at least 4 members (excludes halogenated alkanes) is 1. The SMILES string of the molecule is CCCC.Oc1c2ccccc2cc2ccccc12. The zero-order chi connectivity index (χ0) is 13.7. The predicted octanol–water partition coefficient (Wildman–Crippen LogP) is 5.51. The summed E-state index contributed by atoms with van der Waals surface area (Å²) in [5.74, 6) is 0.378. The molecule has 1 nitrogen and oxygen atoms in total. The van der Waals surface area contributed by atoms with Crippen LogP contribution in [0.15, 0.2) is 54.6 Å². The van der Waals surface area contributed by atoms with Crippen molar-refractivity contribution in [1.29, 1.82) is 0 Å². The van der Waals surface area contributed by atoms with Crippen molar-refractivity contribution in [2.24, 2.45) is 0 Å². The summed E-state index contributed by atoms with van der Waals surface area (Å²) in [6, 6.07) is 17.9. The average molecular weight is 252 g/mol. The van der Waals surface area contributed by atoms with Crippen LogP contribution in [-0.4, -0.2) is 5.11 Å². The molecule has 0 amide bonds. The van der Waals surface area contributed by atoms with Crippen molar-refractivity contribution in [3.8, 4) is 5.75 Å². The summed E-state index contributed by atoms with van der Waals surface area (Å²) in [5.41, 5.74) is 0. The molecule has 0 aliphatic carbocycles. The summed E-state index contributed by atoms with van der Waals surface area (Å²) in [6.07, 6.45) is 2.64. The lowest BCUT2D eigenvalue weighted by atomic mass is 10.0. The molecule has 3 rings (SSSR count). The molecule has 0 heterocycles. The molecule has 1 N–H and O–H groups in total. The van der Waals surface area contributed by atoms with Crippen LogP contribution in [0.1, 0.15) is 26.7 Å². The highest BCUT2D eigenvalue weighted by Crippen LogP contribution is 2.33. The molecule has 0 saturated heterocycles. The van der Waals surface area contributed by atoms with Crippen molar-refractivity contribution in [3.05, 3.63) is 54.6 Å². The molecule has 3 aromatic carbocycles. The van der Waals surface area contributed by atoms with Crippen molar-refractivity contribution in [2.45, 2.75) is 26.7 Å². The number of phenols is 1. The number of hydrogen-bond acceptors (Lipinski definition) is 1. The molecule has 0 aromatic heterocycles. The van der Waals surface area contributed by atoms with Gasteiger partial charge in [0.1, 0.15) is 5.75 Å². The van der Waals surface area contributed by atoms with Crippen molar-refractivity contribution < 1.29 is 5.11 Å². The summed E-state index contributed by atoms with van der Waals surface area (Å²) in [5, 5.41) is 14.1. The molecule has 0 spiro atoms. The fourth-order valence-electron chi connectivity index (χ4n) is 1.99. The first-order chi connectivity index (χ1) is 9.27. The van der Waals surface area contributed by atoms with Crippen LogP contribution in [0, 0.1) is 0 Å². The van der Waals surface area contributed by atoms with Crippen molar-refractivity contribution in [1.82, 2.24) is 0 Å². The average Bonchev–Trinajstić information content (AvgIpc) is 2.48. The summed E-state index contributed by atoms with van der Waals surface area (Å²) in [4.78, 5) is 0. The third-order valence-corrected chi connectivity index (χ3v) is 3.24. The third-order valence-electron chi connectivity index (χ3n) is 3.24. The van der Waals surface area contributed by atoms with Gasteiger partial charge in [0, 0.05) is 10.8 Å². The van der Waals surface area contributed by atoms with Gasteiger partial charge >= 0.3 is 0 Å². The van der Waals surface area contributed by atoms with E-state index in [4.69, 9.17) is 0 Å². The van der Waals surface area contributed by atoms with Crippen LogP contribution in [0.3, 0.4) is 0 Å². The van der Waals surface area contributed by atoms with Gasteiger partial charge in [0.25, 0.3) is 0 Å². The number of rotatable bonds is 1. The van der Waals surface area contributed by atoms with Gasteiger partial charge in [0.05, 0.1) is 0 Å². The van der Waals surface area contributed by atoms with Crippen LogP contribution in [-0.2, 0) is 0 Å². The molecule has 0 aliphatic rings. The first-order valence-corrected chi connectivity index (χ1v) is 6.87. The van der Waals surface area contributed by atoms with Crippen LogP contribution in [0.2, 0.25) is 0 Å². The summed E-state index contributed by atoms with van der Waals surface area (Å²) >= 11 is 0. The molecule has 0 radical (unpaired) electrons. The van der Waals surface area contributed by atoms with Gasteiger partial charge in [-0.05, 0) is 16.8 Å².